The Labute approximate surface area is 94.7 Å². The summed E-state index contributed by atoms with van der Waals surface area (Å²) in [4.78, 5) is 14.2. The standard InChI is InChI=1S/C12H16N4/c1-8-3-4-9(2)16(8)12-10-5-6-13-11(10)14-7-15-12/h5-9H,3-4H2,1-2H3,(H,13,14,15). The minimum Gasteiger partial charge on any atom is -0.351 e. The van der Waals surface area contributed by atoms with Crippen LogP contribution in [0.1, 0.15) is 26.7 Å². The van der Waals surface area contributed by atoms with Crippen molar-refractivity contribution >= 4 is 16.9 Å². The Morgan fingerprint density at radius 3 is 2.75 bits per heavy atom. The maximum absolute atomic E-state index is 4.46. The van der Waals surface area contributed by atoms with Gasteiger partial charge in [-0.05, 0) is 32.8 Å². The SMILES string of the molecule is CC1CCC(C)N1c1ncnc2[nH]ccc12. The van der Waals surface area contributed by atoms with Gasteiger partial charge in [0.1, 0.15) is 17.8 Å². The molecule has 3 heterocycles. The zero-order valence-corrected chi connectivity index (χ0v) is 9.64. The first-order valence-electron chi connectivity index (χ1n) is 5.84. The summed E-state index contributed by atoms with van der Waals surface area (Å²) in [5.74, 6) is 1.07. The summed E-state index contributed by atoms with van der Waals surface area (Å²) in [6.07, 6.45) is 6.06. The number of H-pyrrole nitrogens is 1. The molecular formula is C12H16N4. The van der Waals surface area contributed by atoms with Gasteiger partial charge in [0.05, 0.1) is 5.39 Å². The topological polar surface area (TPSA) is 44.8 Å². The molecule has 4 nitrogen and oxygen atoms in total. The maximum Gasteiger partial charge on any atom is 0.142 e. The second kappa shape index (κ2) is 3.47. The number of aromatic amines is 1. The predicted octanol–water partition coefficient (Wildman–Crippen LogP) is 2.34. The lowest BCUT2D eigenvalue weighted by atomic mass is 10.2. The van der Waals surface area contributed by atoms with Gasteiger partial charge >= 0.3 is 0 Å². The van der Waals surface area contributed by atoms with Crippen LogP contribution in [0.3, 0.4) is 0 Å². The molecule has 1 N–H and O–H groups in total. The molecule has 0 radical (unpaired) electrons. The number of hydrogen-bond donors (Lipinski definition) is 1. The van der Waals surface area contributed by atoms with Crippen molar-refractivity contribution in [3.63, 3.8) is 0 Å². The third kappa shape index (κ3) is 1.29. The summed E-state index contributed by atoms with van der Waals surface area (Å²) in [7, 11) is 0. The van der Waals surface area contributed by atoms with Crippen molar-refractivity contribution in [3.05, 3.63) is 18.6 Å². The lowest BCUT2D eigenvalue weighted by molar-refractivity contribution is 0.685. The average molecular weight is 216 g/mol. The van der Waals surface area contributed by atoms with Gasteiger partial charge in [-0.15, -0.1) is 0 Å². The van der Waals surface area contributed by atoms with Crippen molar-refractivity contribution in [2.24, 2.45) is 0 Å². The smallest absolute Gasteiger partial charge is 0.142 e. The third-order valence-electron chi connectivity index (χ3n) is 3.53. The Hall–Kier alpha value is -1.58. The second-order valence-electron chi connectivity index (χ2n) is 4.62. The van der Waals surface area contributed by atoms with Crippen molar-refractivity contribution in [2.75, 3.05) is 4.90 Å². The Balaban J connectivity index is 2.14. The minimum atomic E-state index is 0.572. The molecule has 2 aromatic heterocycles. The first kappa shape index (κ1) is 9.63. The Kier molecular flexibility index (Phi) is 2.09. The molecule has 0 aliphatic carbocycles. The monoisotopic (exact) mass is 216 g/mol. The summed E-state index contributed by atoms with van der Waals surface area (Å²) < 4.78 is 0. The molecular weight excluding hydrogens is 200 g/mol. The van der Waals surface area contributed by atoms with Crippen LogP contribution in [0.4, 0.5) is 5.82 Å². The molecule has 1 aliphatic heterocycles. The van der Waals surface area contributed by atoms with E-state index in [0.29, 0.717) is 12.1 Å². The number of anilines is 1. The minimum absolute atomic E-state index is 0.572. The van der Waals surface area contributed by atoms with Gasteiger partial charge in [0, 0.05) is 18.3 Å². The van der Waals surface area contributed by atoms with E-state index in [9.17, 15) is 0 Å². The fourth-order valence-corrected chi connectivity index (χ4v) is 2.68. The van der Waals surface area contributed by atoms with E-state index in [-0.39, 0.29) is 0 Å². The Bertz CT molecular complexity index is 494. The van der Waals surface area contributed by atoms with Gasteiger partial charge in [-0.25, -0.2) is 9.97 Å². The maximum atomic E-state index is 4.46. The molecule has 0 spiro atoms. The van der Waals surface area contributed by atoms with Crippen LogP contribution in [0.5, 0.6) is 0 Å². The number of nitrogens with zero attached hydrogens (tertiary/aromatic N) is 3. The third-order valence-corrected chi connectivity index (χ3v) is 3.53. The molecule has 1 saturated heterocycles. The van der Waals surface area contributed by atoms with Gasteiger partial charge in [-0.3, -0.25) is 0 Å². The number of nitrogens with one attached hydrogen (secondary N) is 1. The molecule has 0 bridgehead atoms. The molecule has 2 aromatic rings. The van der Waals surface area contributed by atoms with Gasteiger partial charge in [0.25, 0.3) is 0 Å². The van der Waals surface area contributed by atoms with E-state index in [4.69, 9.17) is 0 Å². The Morgan fingerprint density at radius 2 is 2.00 bits per heavy atom. The number of hydrogen-bond acceptors (Lipinski definition) is 3. The van der Waals surface area contributed by atoms with Crippen LogP contribution in [0.15, 0.2) is 18.6 Å². The molecule has 4 heteroatoms. The van der Waals surface area contributed by atoms with Gasteiger partial charge in [0.15, 0.2) is 0 Å². The molecule has 1 aliphatic rings. The summed E-state index contributed by atoms with van der Waals surface area (Å²) >= 11 is 0. The fraction of sp³-hybridized carbons (Fsp3) is 0.500. The van der Waals surface area contributed by atoms with Crippen LogP contribution in [0.2, 0.25) is 0 Å². The van der Waals surface area contributed by atoms with Crippen LogP contribution in [-0.2, 0) is 0 Å². The first-order chi connectivity index (χ1) is 7.77. The molecule has 0 aromatic carbocycles. The number of aromatic nitrogens is 3. The molecule has 0 saturated carbocycles. The average Bonchev–Trinajstić information content (AvgIpc) is 2.86. The van der Waals surface area contributed by atoms with E-state index in [1.165, 1.54) is 12.8 Å². The van der Waals surface area contributed by atoms with E-state index in [2.05, 4.69) is 39.8 Å². The number of rotatable bonds is 1. The quantitative estimate of drug-likeness (QED) is 0.795. The van der Waals surface area contributed by atoms with Gasteiger partial charge in [-0.2, -0.15) is 0 Å². The van der Waals surface area contributed by atoms with Crippen molar-refractivity contribution in [2.45, 2.75) is 38.8 Å². The highest BCUT2D eigenvalue weighted by Gasteiger charge is 2.29. The fourth-order valence-electron chi connectivity index (χ4n) is 2.68. The first-order valence-corrected chi connectivity index (χ1v) is 5.84. The highest BCUT2D eigenvalue weighted by Crippen LogP contribution is 2.32. The Morgan fingerprint density at radius 1 is 1.25 bits per heavy atom. The summed E-state index contributed by atoms with van der Waals surface area (Å²) in [6.45, 7) is 4.54. The van der Waals surface area contributed by atoms with Crippen LogP contribution in [-0.4, -0.2) is 27.0 Å². The van der Waals surface area contributed by atoms with E-state index in [1.807, 2.05) is 6.20 Å². The largest absolute Gasteiger partial charge is 0.351 e. The van der Waals surface area contributed by atoms with Crippen molar-refractivity contribution < 1.29 is 0 Å². The lowest BCUT2D eigenvalue weighted by Gasteiger charge is -2.27. The van der Waals surface area contributed by atoms with Gasteiger partial charge in [0.2, 0.25) is 0 Å². The molecule has 16 heavy (non-hydrogen) atoms. The molecule has 1 fully saturated rings. The van der Waals surface area contributed by atoms with Crippen molar-refractivity contribution in [3.8, 4) is 0 Å². The molecule has 0 amide bonds. The summed E-state index contributed by atoms with van der Waals surface area (Å²) in [6, 6.07) is 3.20. The van der Waals surface area contributed by atoms with Crippen LogP contribution in [0, 0.1) is 0 Å². The second-order valence-corrected chi connectivity index (χ2v) is 4.62. The van der Waals surface area contributed by atoms with Gasteiger partial charge < -0.3 is 9.88 Å². The van der Waals surface area contributed by atoms with E-state index < -0.39 is 0 Å². The highest BCUT2D eigenvalue weighted by atomic mass is 15.3. The normalized spacial score (nSPS) is 25.5. The molecule has 3 rings (SSSR count). The van der Waals surface area contributed by atoms with Gasteiger partial charge in [-0.1, -0.05) is 0 Å². The molecule has 2 atom stereocenters. The van der Waals surface area contributed by atoms with Crippen molar-refractivity contribution in [1.29, 1.82) is 0 Å². The molecule has 84 valence electrons. The zero-order valence-electron chi connectivity index (χ0n) is 9.64. The predicted molar refractivity (Wildman–Crippen MR) is 64.5 cm³/mol. The van der Waals surface area contributed by atoms with Crippen LogP contribution < -0.4 is 4.90 Å². The zero-order chi connectivity index (χ0) is 11.1. The van der Waals surface area contributed by atoms with Crippen LogP contribution in [0.25, 0.3) is 11.0 Å². The highest BCUT2D eigenvalue weighted by molar-refractivity contribution is 5.87. The van der Waals surface area contributed by atoms with Crippen LogP contribution >= 0.6 is 0 Å². The van der Waals surface area contributed by atoms with E-state index >= 15 is 0 Å². The summed E-state index contributed by atoms with van der Waals surface area (Å²) in [5, 5.41) is 1.13. The van der Waals surface area contributed by atoms with E-state index in [0.717, 1.165) is 16.9 Å². The molecule has 2 unspecified atom stereocenters. The van der Waals surface area contributed by atoms with Crippen molar-refractivity contribution in [1.82, 2.24) is 15.0 Å². The lowest BCUT2D eigenvalue weighted by Crippen LogP contribution is -2.33. The number of fused-ring (bicyclic) bond motifs is 1. The van der Waals surface area contributed by atoms with E-state index in [1.54, 1.807) is 6.33 Å². The summed E-state index contributed by atoms with van der Waals surface area (Å²) in [5.41, 5.74) is 0.927.